The van der Waals surface area contributed by atoms with Crippen molar-refractivity contribution in [2.24, 2.45) is 0 Å². The number of hydrogen-bond acceptors (Lipinski definition) is 4. The Morgan fingerprint density at radius 3 is 2.00 bits per heavy atom. The molecule has 0 radical (unpaired) electrons. The van der Waals surface area contributed by atoms with E-state index in [2.05, 4.69) is 88.2 Å². The van der Waals surface area contributed by atoms with E-state index in [4.69, 9.17) is 0 Å². The van der Waals surface area contributed by atoms with Crippen LogP contribution < -0.4 is 4.90 Å². The van der Waals surface area contributed by atoms with Gasteiger partial charge in [-0.2, -0.15) is 8.75 Å². The summed E-state index contributed by atoms with van der Waals surface area (Å²) >= 11 is 1.27. The van der Waals surface area contributed by atoms with E-state index in [1.165, 1.54) is 34.2 Å². The fourth-order valence-electron chi connectivity index (χ4n) is 3.90. The Morgan fingerprint density at radius 1 is 0.720 bits per heavy atom. The molecule has 0 saturated heterocycles. The predicted octanol–water partition coefficient (Wildman–Crippen LogP) is 5.80. The SMILES string of the molecule is CC1(C)c2ccccc2N(c2cccc3nsnc23)c2ccccc21. The number of hydrogen-bond donors (Lipinski definition) is 0. The molecule has 3 aromatic carbocycles. The molecule has 0 N–H and O–H groups in total. The van der Waals surface area contributed by atoms with Gasteiger partial charge in [-0.15, -0.1) is 0 Å². The molecule has 5 rings (SSSR count). The van der Waals surface area contributed by atoms with Gasteiger partial charge >= 0.3 is 0 Å². The molecule has 0 saturated carbocycles. The monoisotopic (exact) mass is 343 g/mol. The first-order chi connectivity index (χ1) is 12.2. The molecule has 2 heterocycles. The van der Waals surface area contributed by atoms with Gasteiger partial charge in [0.05, 0.1) is 28.8 Å². The first-order valence-corrected chi connectivity index (χ1v) is 9.11. The van der Waals surface area contributed by atoms with Crippen molar-refractivity contribution in [1.29, 1.82) is 0 Å². The molecule has 4 heteroatoms. The first-order valence-electron chi connectivity index (χ1n) is 8.38. The number of anilines is 3. The van der Waals surface area contributed by atoms with E-state index >= 15 is 0 Å². The molecule has 122 valence electrons. The van der Waals surface area contributed by atoms with Gasteiger partial charge in [-0.1, -0.05) is 56.3 Å². The van der Waals surface area contributed by atoms with E-state index in [-0.39, 0.29) is 5.41 Å². The molecule has 3 nitrogen and oxygen atoms in total. The van der Waals surface area contributed by atoms with Crippen molar-refractivity contribution in [2.45, 2.75) is 19.3 Å². The zero-order valence-electron chi connectivity index (χ0n) is 14.1. The molecule has 25 heavy (non-hydrogen) atoms. The number of para-hydroxylation sites is 2. The summed E-state index contributed by atoms with van der Waals surface area (Å²) in [5.74, 6) is 0. The zero-order chi connectivity index (χ0) is 17.0. The van der Waals surface area contributed by atoms with Crippen molar-refractivity contribution in [2.75, 3.05) is 4.90 Å². The number of aromatic nitrogens is 2. The molecule has 0 bridgehead atoms. The van der Waals surface area contributed by atoms with Gasteiger partial charge < -0.3 is 4.90 Å². The molecule has 4 aromatic rings. The molecule has 0 atom stereocenters. The highest BCUT2D eigenvalue weighted by Crippen LogP contribution is 2.52. The van der Waals surface area contributed by atoms with Gasteiger partial charge in [0.1, 0.15) is 11.0 Å². The number of fused-ring (bicyclic) bond motifs is 3. The lowest BCUT2D eigenvalue weighted by atomic mass is 9.73. The van der Waals surface area contributed by atoms with Gasteiger partial charge in [-0.05, 0) is 35.4 Å². The van der Waals surface area contributed by atoms with E-state index in [9.17, 15) is 0 Å². The highest BCUT2D eigenvalue weighted by atomic mass is 32.1. The number of nitrogens with zero attached hydrogens (tertiary/aromatic N) is 3. The summed E-state index contributed by atoms with van der Waals surface area (Å²) in [6, 6.07) is 23.5. The van der Waals surface area contributed by atoms with Crippen molar-refractivity contribution < 1.29 is 0 Å². The Kier molecular flexibility index (Phi) is 3.00. The molecule has 0 unspecified atom stereocenters. The largest absolute Gasteiger partial charge is 0.308 e. The molecule has 0 fully saturated rings. The summed E-state index contributed by atoms with van der Waals surface area (Å²) in [4.78, 5) is 2.33. The Labute approximate surface area is 150 Å². The molecule has 0 spiro atoms. The Hall–Kier alpha value is -2.72. The molecule has 1 aromatic heterocycles. The third-order valence-electron chi connectivity index (χ3n) is 5.14. The maximum atomic E-state index is 4.56. The Balaban J connectivity index is 1.88. The Morgan fingerprint density at radius 2 is 1.32 bits per heavy atom. The van der Waals surface area contributed by atoms with Crippen molar-refractivity contribution in [3.05, 3.63) is 77.9 Å². The summed E-state index contributed by atoms with van der Waals surface area (Å²) in [6.07, 6.45) is 0. The third-order valence-corrected chi connectivity index (χ3v) is 5.68. The molecule has 1 aliphatic rings. The van der Waals surface area contributed by atoms with Crippen LogP contribution in [0.4, 0.5) is 17.1 Å². The van der Waals surface area contributed by atoms with E-state index in [0.29, 0.717) is 0 Å². The minimum atomic E-state index is -0.0437. The van der Waals surface area contributed by atoms with Crippen LogP contribution in [0.25, 0.3) is 11.0 Å². The van der Waals surface area contributed by atoms with Crippen molar-refractivity contribution in [3.8, 4) is 0 Å². The van der Waals surface area contributed by atoms with Crippen LogP contribution in [-0.2, 0) is 5.41 Å². The van der Waals surface area contributed by atoms with Crippen LogP contribution >= 0.6 is 11.7 Å². The molecule has 0 aliphatic carbocycles. The van der Waals surface area contributed by atoms with Crippen molar-refractivity contribution in [1.82, 2.24) is 8.75 Å². The van der Waals surface area contributed by atoms with Crippen LogP contribution in [-0.4, -0.2) is 8.75 Å². The second kappa shape index (κ2) is 5.14. The van der Waals surface area contributed by atoms with E-state index < -0.39 is 0 Å². The van der Waals surface area contributed by atoms with Gasteiger partial charge in [0.2, 0.25) is 0 Å². The van der Waals surface area contributed by atoms with Gasteiger partial charge in [-0.3, -0.25) is 0 Å². The second-order valence-electron chi connectivity index (χ2n) is 6.90. The average Bonchev–Trinajstić information content (AvgIpc) is 3.12. The summed E-state index contributed by atoms with van der Waals surface area (Å²) < 4.78 is 8.98. The molecule has 0 amide bonds. The van der Waals surface area contributed by atoms with Gasteiger partial charge in [0.15, 0.2) is 0 Å². The molecular formula is C21H17N3S. The van der Waals surface area contributed by atoms with E-state index in [0.717, 1.165) is 16.7 Å². The van der Waals surface area contributed by atoms with E-state index in [1.807, 2.05) is 6.07 Å². The van der Waals surface area contributed by atoms with Gasteiger partial charge in [0, 0.05) is 5.41 Å². The summed E-state index contributed by atoms with van der Waals surface area (Å²) in [7, 11) is 0. The maximum Gasteiger partial charge on any atom is 0.128 e. The maximum absolute atomic E-state index is 4.56. The van der Waals surface area contributed by atoms with Gasteiger partial charge in [0.25, 0.3) is 0 Å². The quantitative estimate of drug-likeness (QED) is 0.437. The van der Waals surface area contributed by atoms with Crippen LogP contribution in [0.2, 0.25) is 0 Å². The van der Waals surface area contributed by atoms with Gasteiger partial charge in [-0.25, -0.2) is 0 Å². The summed E-state index contributed by atoms with van der Waals surface area (Å²) in [6.45, 7) is 4.60. The molecule has 1 aliphatic heterocycles. The average molecular weight is 343 g/mol. The first kappa shape index (κ1) is 14.6. The lowest BCUT2D eigenvalue weighted by Gasteiger charge is -2.41. The minimum absolute atomic E-state index is 0.0437. The summed E-state index contributed by atoms with van der Waals surface area (Å²) in [5.41, 5.74) is 8.03. The van der Waals surface area contributed by atoms with Crippen LogP contribution in [0.15, 0.2) is 66.7 Å². The highest BCUT2D eigenvalue weighted by molar-refractivity contribution is 7.00. The van der Waals surface area contributed by atoms with Crippen LogP contribution in [0.3, 0.4) is 0 Å². The van der Waals surface area contributed by atoms with Crippen LogP contribution in [0.1, 0.15) is 25.0 Å². The normalized spacial score (nSPS) is 15.0. The van der Waals surface area contributed by atoms with Crippen molar-refractivity contribution in [3.63, 3.8) is 0 Å². The van der Waals surface area contributed by atoms with Crippen molar-refractivity contribution >= 4 is 39.8 Å². The van der Waals surface area contributed by atoms with Crippen LogP contribution in [0.5, 0.6) is 0 Å². The lowest BCUT2D eigenvalue weighted by Crippen LogP contribution is -2.30. The fourth-order valence-corrected chi connectivity index (χ4v) is 4.45. The minimum Gasteiger partial charge on any atom is -0.308 e. The number of rotatable bonds is 1. The Bertz CT molecular complexity index is 1050. The zero-order valence-corrected chi connectivity index (χ0v) is 14.9. The lowest BCUT2D eigenvalue weighted by molar-refractivity contribution is 0.632. The predicted molar refractivity (Wildman–Crippen MR) is 104 cm³/mol. The smallest absolute Gasteiger partial charge is 0.128 e. The molecular weight excluding hydrogens is 326 g/mol. The standard InChI is InChI=1S/C21H17N3S/c1-21(2)14-8-3-5-11-17(14)24(18-12-6-4-9-15(18)21)19-13-7-10-16-20(19)23-25-22-16/h3-13H,1-2H3. The fraction of sp³-hybridized carbons (Fsp3) is 0.143. The third kappa shape index (κ3) is 1.98. The number of benzene rings is 3. The van der Waals surface area contributed by atoms with E-state index in [1.54, 1.807) is 0 Å². The highest BCUT2D eigenvalue weighted by Gasteiger charge is 2.36. The topological polar surface area (TPSA) is 29.0 Å². The van der Waals surface area contributed by atoms with Crippen LogP contribution in [0, 0.1) is 0 Å². The second-order valence-corrected chi connectivity index (χ2v) is 7.43. The summed E-state index contributed by atoms with van der Waals surface area (Å²) in [5, 5.41) is 0.